The van der Waals surface area contributed by atoms with Crippen LogP contribution in [0.25, 0.3) is 0 Å². The summed E-state index contributed by atoms with van der Waals surface area (Å²) in [7, 11) is 0. The Morgan fingerprint density at radius 2 is 1.35 bits per heavy atom. The first-order valence-corrected chi connectivity index (χ1v) is 10.0. The Balaban J connectivity index is 1.90. The van der Waals surface area contributed by atoms with Gasteiger partial charge in [-0.2, -0.15) is 5.10 Å². The van der Waals surface area contributed by atoms with Crippen molar-refractivity contribution in [1.29, 1.82) is 0 Å². The lowest BCUT2D eigenvalue weighted by atomic mass is 10.2. The van der Waals surface area contributed by atoms with Crippen molar-refractivity contribution in [1.82, 2.24) is 0 Å². The van der Waals surface area contributed by atoms with Gasteiger partial charge < -0.3 is 0 Å². The highest BCUT2D eigenvalue weighted by atomic mass is 79.9. The van der Waals surface area contributed by atoms with Gasteiger partial charge in [0.2, 0.25) is 5.84 Å². The van der Waals surface area contributed by atoms with Crippen molar-refractivity contribution >= 4 is 65.0 Å². The molecule has 3 aromatic rings. The molecule has 0 atom stereocenters. The van der Waals surface area contributed by atoms with Crippen molar-refractivity contribution in [2.75, 3.05) is 5.43 Å². The van der Waals surface area contributed by atoms with Gasteiger partial charge in [0, 0.05) is 19.0 Å². The fraction of sp³-hybridized carbons (Fsp3) is 0. The van der Waals surface area contributed by atoms with Crippen molar-refractivity contribution in [2.45, 2.75) is 0 Å². The number of hydrazone groups is 1. The van der Waals surface area contributed by atoms with Crippen LogP contribution in [-0.4, -0.2) is 5.84 Å². The molecular weight excluding hydrogens is 524 g/mol. The lowest BCUT2D eigenvalue weighted by Crippen LogP contribution is -2.01. The first kappa shape index (κ1) is 18.9. The first-order chi connectivity index (χ1) is 12.6. The number of rotatable bonds is 4. The van der Waals surface area contributed by atoms with Gasteiger partial charge in [0.05, 0.1) is 11.4 Å². The van der Waals surface area contributed by atoms with Gasteiger partial charge in [-0.1, -0.05) is 48.5 Å². The monoisotopic (exact) mass is 534 g/mol. The standard InChI is InChI=1S/C19H13Br3N4/c20-16-11-15(12-17(21)18(16)22)24-26-19(13-7-3-1-4-8-13)25-23-14-9-5-2-6-10-14/h1-12,24H/b25-23?,26-19-. The molecule has 0 amide bonds. The Kier molecular flexibility index (Phi) is 6.71. The molecule has 26 heavy (non-hydrogen) atoms. The minimum Gasteiger partial charge on any atom is -0.276 e. The smallest absolute Gasteiger partial charge is 0.201 e. The number of nitrogens with zero attached hydrogens (tertiary/aromatic N) is 3. The Morgan fingerprint density at radius 1 is 0.769 bits per heavy atom. The molecule has 4 nitrogen and oxygen atoms in total. The number of nitrogens with one attached hydrogen (secondary N) is 1. The number of halogens is 3. The van der Waals surface area contributed by atoms with E-state index < -0.39 is 0 Å². The van der Waals surface area contributed by atoms with E-state index in [9.17, 15) is 0 Å². The second-order valence-electron chi connectivity index (χ2n) is 5.20. The summed E-state index contributed by atoms with van der Waals surface area (Å²) < 4.78 is 2.77. The Hall–Kier alpha value is -1.83. The van der Waals surface area contributed by atoms with E-state index >= 15 is 0 Å². The van der Waals surface area contributed by atoms with E-state index in [0.717, 1.165) is 30.4 Å². The molecule has 0 aliphatic carbocycles. The van der Waals surface area contributed by atoms with Crippen LogP contribution in [0.2, 0.25) is 0 Å². The molecule has 0 bridgehead atoms. The zero-order valence-corrected chi connectivity index (χ0v) is 18.2. The number of benzene rings is 3. The van der Waals surface area contributed by atoms with E-state index in [-0.39, 0.29) is 0 Å². The van der Waals surface area contributed by atoms with Crippen molar-refractivity contribution in [3.05, 3.63) is 91.8 Å². The second kappa shape index (κ2) is 9.21. The van der Waals surface area contributed by atoms with Crippen molar-refractivity contribution < 1.29 is 0 Å². The molecule has 0 saturated heterocycles. The first-order valence-electron chi connectivity index (χ1n) is 7.64. The molecule has 0 spiro atoms. The van der Waals surface area contributed by atoms with E-state index in [1.807, 2.05) is 72.8 Å². The van der Waals surface area contributed by atoms with Gasteiger partial charge >= 0.3 is 0 Å². The SMILES string of the molecule is Brc1cc(N/N=C(\N=Nc2ccccc2)c2ccccc2)cc(Br)c1Br. The minimum absolute atomic E-state index is 0.490. The lowest BCUT2D eigenvalue weighted by molar-refractivity contribution is 1.22. The molecule has 0 aromatic heterocycles. The third kappa shape index (κ3) is 5.09. The van der Waals surface area contributed by atoms with Gasteiger partial charge in [-0.05, 0) is 72.1 Å². The van der Waals surface area contributed by atoms with E-state index in [1.54, 1.807) is 0 Å². The van der Waals surface area contributed by atoms with Crippen LogP contribution in [0.4, 0.5) is 11.4 Å². The number of anilines is 1. The predicted octanol–water partition coefficient (Wildman–Crippen LogP) is 7.53. The zero-order chi connectivity index (χ0) is 18.4. The lowest BCUT2D eigenvalue weighted by Gasteiger charge is -2.06. The van der Waals surface area contributed by atoms with Gasteiger partial charge in [-0.25, -0.2) is 0 Å². The van der Waals surface area contributed by atoms with Crippen LogP contribution in [0, 0.1) is 0 Å². The Morgan fingerprint density at radius 3 is 1.96 bits per heavy atom. The Bertz CT molecular complexity index is 919. The van der Waals surface area contributed by atoms with Gasteiger partial charge in [0.25, 0.3) is 0 Å². The molecular formula is C19H13Br3N4. The summed E-state index contributed by atoms with van der Waals surface area (Å²) in [5, 5.41) is 13.0. The number of hydrogen-bond donors (Lipinski definition) is 1. The van der Waals surface area contributed by atoms with Gasteiger partial charge in [-0.15, -0.1) is 10.2 Å². The largest absolute Gasteiger partial charge is 0.276 e. The Labute approximate surface area is 176 Å². The van der Waals surface area contributed by atoms with Crippen molar-refractivity contribution in [3.8, 4) is 0 Å². The van der Waals surface area contributed by atoms with E-state index in [2.05, 4.69) is 68.5 Å². The topological polar surface area (TPSA) is 49.1 Å². The van der Waals surface area contributed by atoms with E-state index in [4.69, 9.17) is 0 Å². The molecule has 0 aliphatic rings. The summed E-state index contributed by atoms with van der Waals surface area (Å²) in [6, 6.07) is 23.1. The molecule has 0 heterocycles. The highest BCUT2D eigenvalue weighted by Crippen LogP contribution is 2.34. The van der Waals surface area contributed by atoms with Gasteiger partial charge in [0.15, 0.2) is 0 Å². The third-order valence-electron chi connectivity index (χ3n) is 3.32. The third-order valence-corrected chi connectivity index (χ3v) is 6.49. The summed E-state index contributed by atoms with van der Waals surface area (Å²) in [5.41, 5.74) is 5.50. The van der Waals surface area contributed by atoms with Crippen LogP contribution in [0.3, 0.4) is 0 Å². The maximum absolute atomic E-state index is 4.44. The van der Waals surface area contributed by atoms with Gasteiger partial charge in [0.1, 0.15) is 0 Å². The number of amidine groups is 1. The predicted molar refractivity (Wildman–Crippen MR) is 117 cm³/mol. The van der Waals surface area contributed by atoms with Crippen LogP contribution in [0.5, 0.6) is 0 Å². The average Bonchev–Trinajstić information content (AvgIpc) is 2.67. The second-order valence-corrected chi connectivity index (χ2v) is 7.70. The fourth-order valence-electron chi connectivity index (χ4n) is 2.07. The average molecular weight is 537 g/mol. The highest BCUT2D eigenvalue weighted by molar-refractivity contribution is 9.14. The quantitative estimate of drug-likeness (QED) is 0.121. The normalized spacial score (nSPS) is 11.7. The summed E-state index contributed by atoms with van der Waals surface area (Å²) in [5.74, 6) is 0.490. The molecule has 7 heteroatoms. The maximum Gasteiger partial charge on any atom is 0.201 e. The summed E-state index contributed by atoms with van der Waals surface area (Å²) in [4.78, 5) is 0. The summed E-state index contributed by atoms with van der Waals surface area (Å²) in [6.45, 7) is 0. The van der Waals surface area contributed by atoms with Gasteiger partial charge in [-0.3, -0.25) is 5.43 Å². The fourth-order valence-corrected chi connectivity index (χ4v) is 3.48. The maximum atomic E-state index is 4.44. The molecule has 0 unspecified atom stereocenters. The van der Waals surface area contributed by atoms with Crippen LogP contribution in [0.15, 0.2) is 102 Å². The van der Waals surface area contributed by atoms with E-state index in [0.29, 0.717) is 5.84 Å². The molecule has 0 fully saturated rings. The summed E-state index contributed by atoms with van der Waals surface area (Å²) in [6.07, 6.45) is 0. The highest BCUT2D eigenvalue weighted by Gasteiger charge is 2.06. The van der Waals surface area contributed by atoms with E-state index in [1.165, 1.54) is 0 Å². The molecule has 0 saturated carbocycles. The van der Waals surface area contributed by atoms with Crippen LogP contribution < -0.4 is 5.43 Å². The molecule has 3 aromatic carbocycles. The zero-order valence-electron chi connectivity index (χ0n) is 13.4. The van der Waals surface area contributed by atoms with Crippen LogP contribution in [-0.2, 0) is 0 Å². The molecule has 3 rings (SSSR count). The van der Waals surface area contributed by atoms with Crippen molar-refractivity contribution in [2.24, 2.45) is 15.3 Å². The number of hydrogen-bond acceptors (Lipinski definition) is 3. The van der Waals surface area contributed by atoms with Crippen LogP contribution >= 0.6 is 47.8 Å². The molecule has 0 radical (unpaired) electrons. The van der Waals surface area contributed by atoms with Crippen molar-refractivity contribution in [3.63, 3.8) is 0 Å². The summed E-state index contributed by atoms with van der Waals surface area (Å²) >= 11 is 10.5. The van der Waals surface area contributed by atoms with Crippen LogP contribution in [0.1, 0.15) is 5.56 Å². The number of azo groups is 1. The molecule has 130 valence electrons. The molecule has 1 N–H and O–H groups in total. The molecule has 0 aliphatic heterocycles. The minimum atomic E-state index is 0.490.